The van der Waals surface area contributed by atoms with E-state index < -0.39 is 0 Å². The first-order valence-electron chi connectivity index (χ1n) is 6.10. The summed E-state index contributed by atoms with van der Waals surface area (Å²) in [5, 5.41) is 5.20. The van der Waals surface area contributed by atoms with Gasteiger partial charge in [-0.15, -0.1) is 11.3 Å². The number of hydrogen-bond donors (Lipinski definition) is 1. The summed E-state index contributed by atoms with van der Waals surface area (Å²) in [6, 6.07) is 9.47. The molecule has 20 heavy (non-hydrogen) atoms. The molecule has 0 aliphatic carbocycles. The van der Waals surface area contributed by atoms with E-state index in [1.54, 1.807) is 10.5 Å². The van der Waals surface area contributed by atoms with Gasteiger partial charge in [0.05, 0.1) is 12.2 Å². The Morgan fingerprint density at radius 2 is 2.25 bits per heavy atom. The predicted octanol–water partition coefficient (Wildman–Crippen LogP) is 3.44. The van der Waals surface area contributed by atoms with Crippen molar-refractivity contribution in [2.75, 3.05) is 5.32 Å². The van der Waals surface area contributed by atoms with Gasteiger partial charge in [0.15, 0.2) is 4.96 Å². The van der Waals surface area contributed by atoms with Crippen molar-refractivity contribution in [1.82, 2.24) is 9.38 Å². The molecule has 4 nitrogen and oxygen atoms in total. The van der Waals surface area contributed by atoms with Crippen LogP contribution in [0.2, 0.25) is 0 Å². The molecule has 2 heterocycles. The second kappa shape index (κ2) is 5.38. The van der Waals surface area contributed by atoms with Crippen LogP contribution < -0.4 is 10.9 Å². The Morgan fingerprint density at radius 3 is 3.05 bits per heavy atom. The van der Waals surface area contributed by atoms with Crippen molar-refractivity contribution in [3.05, 3.63) is 61.9 Å². The zero-order chi connectivity index (χ0) is 14.1. The number of anilines is 1. The molecule has 3 aromatic rings. The van der Waals surface area contributed by atoms with Crippen LogP contribution in [0.15, 0.2) is 45.0 Å². The topological polar surface area (TPSA) is 46.4 Å². The van der Waals surface area contributed by atoms with E-state index in [2.05, 4.69) is 26.2 Å². The molecule has 0 unspecified atom stereocenters. The molecule has 0 aliphatic heterocycles. The molecule has 0 saturated heterocycles. The molecule has 1 aromatic carbocycles. The molecule has 0 atom stereocenters. The summed E-state index contributed by atoms with van der Waals surface area (Å²) >= 11 is 4.91. The average Bonchev–Trinajstić information content (AvgIpc) is 2.79. The molecule has 0 fully saturated rings. The van der Waals surface area contributed by atoms with Gasteiger partial charge in [-0.05, 0) is 25.1 Å². The van der Waals surface area contributed by atoms with Crippen LogP contribution in [0.5, 0.6) is 0 Å². The molecule has 0 amide bonds. The summed E-state index contributed by atoms with van der Waals surface area (Å²) < 4.78 is 2.65. The lowest BCUT2D eigenvalue weighted by Crippen LogP contribution is -2.16. The van der Waals surface area contributed by atoms with E-state index in [-0.39, 0.29) is 5.56 Å². The van der Waals surface area contributed by atoms with Crippen molar-refractivity contribution in [2.45, 2.75) is 13.5 Å². The quantitative estimate of drug-likeness (QED) is 0.787. The van der Waals surface area contributed by atoms with Gasteiger partial charge in [0.2, 0.25) is 0 Å². The summed E-state index contributed by atoms with van der Waals surface area (Å²) in [5.41, 5.74) is 2.63. The second-order valence-electron chi connectivity index (χ2n) is 4.44. The number of halogens is 1. The van der Waals surface area contributed by atoms with Crippen molar-refractivity contribution >= 4 is 37.9 Å². The lowest BCUT2D eigenvalue weighted by atomic mass is 10.3. The number of nitrogens with zero attached hydrogens (tertiary/aromatic N) is 2. The van der Waals surface area contributed by atoms with Gasteiger partial charge in [0.25, 0.3) is 5.56 Å². The van der Waals surface area contributed by atoms with Crippen LogP contribution in [-0.2, 0) is 6.54 Å². The highest BCUT2D eigenvalue weighted by Gasteiger charge is 2.06. The zero-order valence-electron chi connectivity index (χ0n) is 10.8. The summed E-state index contributed by atoms with van der Waals surface area (Å²) in [7, 11) is 0. The molecule has 0 bridgehead atoms. The number of rotatable bonds is 3. The largest absolute Gasteiger partial charge is 0.379 e. The minimum Gasteiger partial charge on any atom is -0.379 e. The van der Waals surface area contributed by atoms with Gasteiger partial charge >= 0.3 is 0 Å². The van der Waals surface area contributed by atoms with E-state index in [1.165, 1.54) is 11.3 Å². The van der Waals surface area contributed by atoms with Gasteiger partial charge in [-0.25, -0.2) is 4.98 Å². The van der Waals surface area contributed by atoms with Crippen molar-refractivity contribution in [2.24, 2.45) is 0 Å². The highest BCUT2D eigenvalue weighted by atomic mass is 79.9. The van der Waals surface area contributed by atoms with E-state index in [0.717, 1.165) is 26.5 Å². The highest BCUT2D eigenvalue weighted by Crippen LogP contribution is 2.16. The average molecular weight is 350 g/mol. The fourth-order valence-electron chi connectivity index (χ4n) is 1.98. The first kappa shape index (κ1) is 13.3. The molecule has 2 aromatic heterocycles. The fraction of sp³-hybridized carbons (Fsp3) is 0.143. The highest BCUT2D eigenvalue weighted by molar-refractivity contribution is 9.10. The number of thiazole rings is 1. The molecule has 102 valence electrons. The Balaban J connectivity index is 1.86. The predicted molar refractivity (Wildman–Crippen MR) is 85.5 cm³/mol. The maximum atomic E-state index is 12.0. The normalized spacial score (nSPS) is 10.9. The molecule has 3 rings (SSSR count). The Labute approximate surface area is 128 Å². The Kier molecular flexibility index (Phi) is 3.58. The van der Waals surface area contributed by atoms with Gasteiger partial charge < -0.3 is 5.32 Å². The van der Waals surface area contributed by atoms with E-state index in [1.807, 2.05) is 36.6 Å². The zero-order valence-corrected chi connectivity index (χ0v) is 13.2. The molecule has 0 saturated carbocycles. The van der Waals surface area contributed by atoms with Gasteiger partial charge in [0.1, 0.15) is 0 Å². The first-order chi connectivity index (χ1) is 9.63. The second-order valence-corrected chi connectivity index (χ2v) is 6.20. The number of fused-ring (bicyclic) bond motifs is 1. The van der Waals surface area contributed by atoms with Crippen LogP contribution >= 0.6 is 27.3 Å². The van der Waals surface area contributed by atoms with Crippen molar-refractivity contribution < 1.29 is 0 Å². The van der Waals surface area contributed by atoms with Crippen molar-refractivity contribution in [3.63, 3.8) is 0 Å². The molecule has 0 radical (unpaired) electrons. The van der Waals surface area contributed by atoms with E-state index in [9.17, 15) is 4.79 Å². The third-order valence-electron chi connectivity index (χ3n) is 2.93. The Bertz CT molecular complexity index is 825. The number of aryl methyl sites for hydroxylation is 1. The minimum absolute atomic E-state index is 0.0280. The maximum Gasteiger partial charge on any atom is 0.259 e. The third kappa shape index (κ3) is 2.62. The van der Waals surface area contributed by atoms with Crippen LogP contribution in [-0.4, -0.2) is 9.38 Å². The van der Waals surface area contributed by atoms with E-state index in [0.29, 0.717) is 6.54 Å². The summed E-state index contributed by atoms with van der Waals surface area (Å²) in [4.78, 5) is 17.3. The maximum absolute atomic E-state index is 12.0. The molecular formula is C14H12BrN3OS. The minimum atomic E-state index is -0.0280. The van der Waals surface area contributed by atoms with Crippen molar-refractivity contribution in [3.8, 4) is 0 Å². The summed E-state index contributed by atoms with van der Waals surface area (Å²) in [6.45, 7) is 2.44. The Morgan fingerprint density at radius 1 is 1.40 bits per heavy atom. The number of aromatic nitrogens is 2. The SMILES string of the molecule is Cc1csc2nc(CNc3cccc(Br)c3)cc(=O)n12. The number of nitrogens with one attached hydrogen (secondary N) is 1. The van der Waals surface area contributed by atoms with Gasteiger partial charge in [-0.3, -0.25) is 9.20 Å². The lowest BCUT2D eigenvalue weighted by Gasteiger charge is -2.06. The monoisotopic (exact) mass is 349 g/mol. The van der Waals surface area contributed by atoms with E-state index in [4.69, 9.17) is 0 Å². The van der Waals surface area contributed by atoms with Crippen LogP contribution in [0.1, 0.15) is 11.4 Å². The lowest BCUT2D eigenvalue weighted by molar-refractivity contribution is 0.965. The van der Waals surface area contributed by atoms with Crippen LogP contribution in [0, 0.1) is 6.92 Å². The van der Waals surface area contributed by atoms with Crippen molar-refractivity contribution in [1.29, 1.82) is 0 Å². The first-order valence-corrected chi connectivity index (χ1v) is 7.77. The summed E-state index contributed by atoms with van der Waals surface area (Å²) in [6.07, 6.45) is 0. The summed E-state index contributed by atoms with van der Waals surface area (Å²) in [5.74, 6) is 0. The molecule has 1 N–H and O–H groups in total. The molecule has 0 spiro atoms. The van der Waals surface area contributed by atoms with E-state index >= 15 is 0 Å². The number of benzene rings is 1. The van der Waals surface area contributed by atoms with Gasteiger partial charge in [0, 0.05) is 27.3 Å². The van der Waals surface area contributed by atoms with Gasteiger partial charge in [-0.2, -0.15) is 0 Å². The molecule has 6 heteroatoms. The Hall–Kier alpha value is -1.66. The molecule has 0 aliphatic rings. The number of hydrogen-bond acceptors (Lipinski definition) is 4. The van der Waals surface area contributed by atoms with Crippen LogP contribution in [0.4, 0.5) is 5.69 Å². The standard InChI is InChI=1S/C14H12BrN3OS/c1-9-8-20-14-17-12(6-13(19)18(9)14)7-16-11-4-2-3-10(15)5-11/h2-6,8,16H,7H2,1H3. The van der Waals surface area contributed by atoms with Crippen LogP contribution in [0.25, 0.3) is 4.96 Å². The smallest absolute Gasteiger partial charge is 0.259 e. The van der Waals surface area contributed by atoms with Crippen LogP contribution in [0.3, 0.4) is 0 Å². The third-order valence-corrected chi connectivity index (χ3v) is 4.36. The van der Waals surface area contributed by atoms with Gasteiger partial charge in [-0.1, -0.05) is 22.0 Å². The molecular weight excluding hydrogens is 338 g/mol. The fourth-order valence-corrected chi connectivity index (χ4v) is 3.27.